The van der Waals surface area contributed by atoms with Crippen LogP contribution in [-0.4, -0.2) is 43.8 Å². The number of halogens is 1. The van der Waals surface area contributed by atoms with Gasteiger partial charge in [0, 0.05) is 17.3 Å². The molecule has 0 bridgehead atoms. The van der Waals surface area contributed by atoms with Crippen LogP contribution in [0.3, 0.4) is 0 Å². The second kappa shape index (κ2) is 14.5. The first-order valence-electron chi connectivity index (χ1n) is 13.1. The average molecular weight is 659 g/mol. The number of nitrogens with zero attached hydrogens (tertiary/aromatic N) is 2. The quantitative estimate of drug-likeness (QED) is 0.142. The van der Waals surface area contributed by atoms with E-state index < -0.39 is 17.9 Å². The molecule has 0 spiro atoms. The molecule has 43 heavy (non-hydrogen) atoms. The summed E-state index contributed by atoms with van der Waals surface area (Å²) >= 11 is 4.12. The van der Waals surface area contributed by atoms with Crippen LogP contribution in [0.15, 0.2) is 124 Å². The van der Waals surface area contributed by atoms with Gasteiger partial charge in [0.2, 0.25) is 5.91 Å². The largest absolute Gasteiger partial charge is 0.507 e. The monoisotopic (exact) mass is 657 g/mol. The van der Waals surface area contributed by atoms with E-state index in [-0.39, 0.29) is 43.9 Å². The molecule has 0 atom stereocenters. The second-order valence-electron chi connectivity index (χ2n) is 9.18. The highest BCUT2D eigenvalue weighted by molar-refractivity contribution is 9.10. The number of phenolic OH excluding ortho intramolecular Hbond substituents is 2. The number of benzene rings is 3. The molecule has 4 rings (SSSR count). The van der Waals surface area contributed by atoms with E-state index in [4.69, 9.17) is 0 Å². The topological polar surface area (TPSA) is 119 Å². The normalized spacial score (nSPS) is 14.9. The summed E-state index contributed by atoms with van der Waals surface area (Å²) in [6.45, 7) is 5.39. The van der Waals surface area contributed by atoms with Gasteiger partial charge >= 0.3 is 0 Å². The molecule has 1 heterocycles. The predicted octanol–water partition coefficient (Wildman–Crippen LogP) is 6.25. The van der Waals surface area contributed by atoms with Gasteiger partial charge in [0.05, 0.1) is 16.3 Å². The number of thioether (sulfide) groups is 1. The van der Waals surface area contributed by atoms with Crippen molar-refractivity contribution >= 4 is 56.7 Å². The molecule has 3 aromatic carbocycles. The van der Waals surface area contributed by atoms with Crippen molar-refractivity contribution in [1.82, 2.24) is 10.2 Å². The number of hydrogen-bond donors (Lipinski definition) is 3. The van der Waals surface area contributed by atoms with Gasteiger partial charge in [-0.3, -0.25) is 19.3 Å². The summed E-state index contributed by atoms with van der Waals surface area (Å²) in [5.74, 6) is -2.51. The number of carbonyl (C=O) groups excluding carboxylic acids is 3. The first-order chi connectivity index (χ1) is 20.7. The van der Waals surface area contributed by atoms with Gasteiger partial charge in [-0.15, -0.1) is 0 Å². The lowest BCUT2D eigenvalue weighted by atomic mass is 9.99. The molecule has 0 fully saturated rings. The Labute approximate surface area is 262 Å². The molecule has 10 heteroatoms. The molecule has 1 aliphatic heterocycles. The zero-order valence-corrected chi connectivity index (χ0v) is 25.5. The Morgan fingerprint density at radius 2 is 1.67 bits per heavy atom. The molecule has 0 saturated heterocycles. The number of carbonyl (C=O) groups is 3. The van der Waals surface area contributed by atoms with Gasteiger partial charge in [-0.05, 0) is 52.2 Å². The molecule has 1 aliphatic rings. The summed E-state index contributed by atoms with van der Waals surface area (Å²) in [6.07, 6.45) is 7.67. The van der Waals surface area contributed by atoms with Crippen LogP contribution in [0.25, 0.3) is 6.08 Å². The molecule has 0 radical (unpaired) electrons. The first-order valence-corrected chi connectivity index (χ1v) is 14.9. The minimum atomic E-state index is -0.831. The molecular weight excluding hydrogens is 630 g/mol. The minimum absolute atomic E-state index is 0.0243. The summed E-state index contributed by atoms with van der Waals surface area (Å²) in [7, 11) is 0. The van der Waals surface area contributed by atoms with Crippen molar-refractivity contribution in [1.29, 1.82) is 0 Å². The third-order valence-electron chi connectivity index (χ3n) is 6.31. The second-order valence-corrected chi connectivity index (χ2v) is 11.0. The Morgan fingerprint density at radius 3 is 2.26 bits per heavy atom. The van der Waals surface area contributed by atoms with E-state index in [9.17, 15) is 24.6 Å². The molecule has 0 unspecified atom stereocenters. The van der Waals surface area contributed by atoms with Gasteiger partial charge in [0.25, 0.3) is 11.8 Å². The summed E-state index contributed by atoms with van der Waals surface area (Å²) in [6, 6.07) is 21.2. The highest BCUT2D eigenvalue weighted by Gasteiger charge is 2.35. The third-order valence-corrected chi connectivity index (χ3v) is 7.88. The van der Waals surface area contributed by atoms with E-state index >= 15 is 0 Å². The van der Waals surface area contributed by atoms with Crippen LogP contribution >= 0.6 is 27.7 Å². The Balaban J connectivity index is 1.64. The van der Waals surface area contributed by atoms with Crippen LogP contribution in [-0.2, 0) is 14.4 Å². The maximum absolute atomic E-state index is 13.8. The van der Waals surface area contributed by atoms with Crippen LogP contribution in [0, 0.1) is 0 Å². The number of allylic oxidation sites excluding steroid dienone is 4. The summed E-state index contributed by atoms with van der Waals surface area (Å²) in [4.78, 5) is 45.5. The Bertz CT molecular complexity index is 1630. The van der Waals surface area contributed by atoms with Crippen LogP contribution in [0.1, 0.15) is 29.7 Å². The third kappa shape index (κ3) is 7.59. The summed E-state index contributed by atoms with van der Waals surface area (Å²) in [5, 5.41) is 23.2. The Kier molecular flexibility index (Phi) is 10.5. The van der Waals surface area contributed by atoms with Crippen molar-refractivity contribution in [3.8, 4) is 11.5 Å². The molecule has 0 saturated carbocycles. The lowest BCUT2D eigenvalue weighted by molar-refractivity contribution is -0.126. The van der Waals surface area contributed by atoms with E-state index in [0.717, 1.165) is 29.0 Å². The zero-order chi connectivity index (χ0) is 30.9. The number of amides is 3. The van der Waals surface area contributed by atoms with E-state index in [0.29, 0.717) is 5.70 Å². The Morgan fingerprint density at radius 1 is 1.05 bits per heavy atom. The van der Waals surface area contributed by atoms with E-state index in [1.165, 1.54) is 23.1 Å². The van der Waals surface area contributed by atoms with Crippen LogP contribution < -0.4 is 5.32 Å². The van der Waals surface area contributed by atoms with Crippen LogP contribution in [0.4, 0.5) is 0 Å². The molecule has 218 valence electrons. The molecule has 3 aromatic rings. The standard InChI is InChI=1S/C33H28BrN3O5S/c1-3-5-16-24(4-2)37-32(42)25(17-23-18-26(34)28(39)19-27(23)38)31(41)36-33(37)43-20-29(40)35-30(21-12-8-6-9-13-21)22-14-10-7-11-15-22/h3-19,30,38-39H,1,20H2,2H3,(H,35,40)/b16-5-,24-4+,25-17+. The molecular formula is C33H28BrN3O5S. The number of amidine groups is 1. The lowest BCUT2D eigenvalue weighted by Gasteiger charge is -2.28. The van der Waals surface area contributed by atoms with Gasteiger partial charge < -0.3 is 15.5 Å². The molecule has 3 N–H and O–H groups in total. The van der Waals surface area contributed by atoms with Gasteiger partial charge in [-0.2, -0.15) is 4.99 Å². The fourth-order valence-electron chi connectivity index (χ4n) is 4.23. The minimum Gasteiger partial charge on any atom is -0.507 e. The fourth-order valence-corrected chi connectivity index (χ4v) is 5.40. The van der Waals surface area contributed by atoms with Crippen molar-refractivity contribution in [2.24, 2.45) is 4.99 Å². The van der Waals surface area contributed by atoms with Crippen molar-refractivity contribution in [3.05, 3.63) is 136 Å². The number of aliphatic imine (C=N–C) groups is 1. The zero-order valence-electron chi connectivity index (χ0n) is 23.1. The number of hydrogen-bond acceptors (Lipinski definition) is 6. The molecule has 8 nitrogen and oxygen atoms in total. The number of phenols is 2. The first kappa shape index (κ1) is 31.3. The number of aromatic hydroxyl groups is 2. The maximum Gasteiger partial charge on any atom is 0.285 e. The molecule has 0 aliphatic carbocycles. The van der Waals surface area contributed by atoms with Crippen molar-refractivity contribution < 1.29 is 24.6 Å². The van der Waals surface area contributed by atoms with E-state index in [1.54, 1.807) is 25.2 Å². The number of nitrogens with one attached hydrogen (secondary N) is 1. The molecule has 3 amide bonds. The highest BCUT2D eigenvalue weighted by atomic mass is 79.9. The SMILES string of the molecule is C=C/C=C\C(=C/C)N1C(=O)/C(=C/c2cc(Br)c(O)cc2O)C(=O)N=C1SCC(=O)NC(c1ccccc1)c1ccccc1. The average Bonchev–Trinajstić information content (AvgIpc) is 3.01. The van der Waals surface area contributed by atoms with Gasteiger partial charge in [-0.25, -0.2) is 0 Å². The van der Waals surface area contributed by atoms with Gasteiger partial charge in [0.1, 0.15) is 17.1 Å². The van der Waals surface area contributed by atoms with Crippen LogP contribution in [0.2, 0.25) is 0 Å². The van der Waals surface area contributed by atoms with E-state index in [2.05, 4.69) is 32.8 Å². The van der Waals surface area contributed by atoms with Crippen molar-refractivity contribution in [2.75, 3.05) is 5.75 Å². The summed E-state index contributed by atoms with van der Waals surface area (Å²) in [5.41, 5.74) is 2.03. The van der Waals surface area contributed by atoms with Crippen LogP contribution in [0.5, 0.6) is 11.5 Å². The van der Waals surface area contributed by atoms with Crippen molar-refractivity contribution in [2.45, 2.75) is 13.0 Å². The van der Waals surface area contributed by atoms with Gasteiger partial charge in [0.15, 0.2) is 5.17 Å². The maximum atomic E-state index is 13.8. The molecule has 0 aromatic heterocycles. The number of rotatable bonds is 9. The summed E-state index contributed by atoms with van der Waals surface area (Å²) < 4.78 is 0.267. The predicted molar refractivity (Wildman–Crippen MR) is 173 cm³/mol. The smallest absolute Gasteiger partial charge is 0.285 e. The van der Waals surface area contributed by atoms with E-state index in [1.807, 2.05) is 60.7 Å². The van der Waals surface area contributed by atoms with Gasteiger partial charge in [-0.1, -0.05) is 97.2 Å². The Hall–Kier alpha value is -4.67. The lowest BCUT2D eigenvalue weighted by Crippen LogP contribution is -2.42. The highest BCUT2D eigenvalue weighted by Crippen LogP contribution is 2.34. The fraction of sp³-hybridized carbons (Fsp3) is 0.0909. The van der Waals surface area contributed by atoms with Crippen molar-refractivity contribution in [3.63, 3.8) is 0 Å².